The molecular formula is C13H15N3O. The summed E-state index contributed by atoms with van der Waals surface area (Å²) in [5.74, 6) is 2.13. The Morgan fingerprint density at radius 3 is 3.00 bits per heavy atom. The van der Waals surface area contributed by atoms with Gasteiger partial charge in [0.05, 0.1) is 23.5 Å². The van der Waals surface area contributed by atoms with Crippen LogP contribution in [0.4, 0.5) is 0 Å². The molecule has 0 aliphatic rings. The second kappa shape index (κ2) is 4.88. The lowest BCUT2D eigenvalue weighted by Crippen LogP contribution is -1.95. The first-order valence-corrected chi connectivity index (χ1v) is 5.70. The largest absolute Gasteiger partial charge is 0.492 e. The summed E-state index contributed by atoms with van der Waals surface area (Å²) in [6.07, 6.45) is 0.401. The van der Waals surface area contributed by atoms with E-state index < -0.39 is 0 Å². The zero-order valence-corrected chi connectivity index (χ0v) is 10.0. The molecule has 0 radical (unpaired) electrons. The third-order valence-corrected chi connectivity index (χ3v) is 2.50. The molecule has 0 bridgehead atoms. The van der Waals surface area contributed by atoms with E-state index >= 15 is 0 Å². The zero-order valence-electron chi connectivity index (χ0n) is 10.0. The Bertz CT molecular complexity index is 551. The average Bonchev–Trinajstić information content (AvgIpc) is 2.72. The molecule has 1 aromatic heterocycles. The van der Waals surface area contributed by atoms with Crippen molar-refractivity contribution in [2.24, 2.45) is 0 Å². The Morgan fingerprint density at radius 2 is 2.29 bits per heavy atom. The van der Waals surface area contributed by atoms with Crippen LogP contribution in [0, 0.1) is 11.3 Å². The number of nitrogens with one attached hydrogen (secondary N) is 1. The minimum Gasteiger partial charge on any atom is -0.492 e. The first-order valence-electron chi connectivity index (χ1n) is 5.70. The molecule has 2 rings (SSSR count). The highest BCUT2D eigenvalue weighted by Crippen LogP contribution is 2.21. The van der Waals surface area contributed by atoms with E-state index in [-0.39, 0.29) is 0 Å². The molecule has 17 heavy (non-hydrogen) atoms. The molecule has 1 aromatic carbocycles. The monoisotopic (exact) mass is 229 g/mol. The summed E-state index contributed by atoms with van der Waals surface area (Å²) < 4.78 is 5.45. The molecular weight excluding hydrogens is 214 g/mol. The predicted octanol–water partition coefficient (Wildman–Crippen LogP) is 2.98. The lowest BCUT2D eigenvalue weighted by molar-refractivity contribution is 0.327. The lowest BCUT2D eigenvalue weighted by Gasteiger charge is -2.02. The Labute approximate surface area is 100 Å². The minimum atomic E-state index is 0.380. The third-order valence-electron chi connectivity index (χ3n) is 2.50. The van der Waals surface area contributed by atoms with Gasteiger partial charge in [0.1, 0.15) is 18.2 Å². The summed E-state index contributed by atoms with van der Waals surface area (Å²) in [5, 5.41) is 8.43. The fourth-order valence-corrected chi connectivity index (χ4v) is 1.59. The predicted molar refractivity (Wildman–Crippen MR) is 65.9 cm³/mol. The molecule has 0 spiro atoms. The van der Waals surface area contributed by atoms with Crippen LogP contribution < -0.4 is 4.74 Å². The van der Waals surface area contributed by atoms with E-state index in [4.69, 9.17) is 10.00 Å². The van der Waals surface area contributed by atoms with Gasteiger partial charge in [0.15, 0.2) is 0 Å². The number of hydrogen-bond acceptors (Lipinski definition) is 3. The van der Waals surface area contributed by atoms with E-state index in [0.717, 1.165) is 22.6 Å². The Hall–Kier alpha value is -2.02. The molecule has 0 saturated heterocycles. The Morgan fingerprint density at radius 1 is 1.47 bits per heavy atom. The molecule has 0 aliphatic heterocycles. The molecule has 88 valence electrons. The number of nitrogens with zero attached hydrogens (tertiary/aromatic N) is 2. The molecule has 0 unspecified atom stereocenters. The van der Waals surface area contributed by atoms with E-state index in [1.807, 2.05) is 24.3 Å². The molecule has 0 fully saturated rings. The van der Waals surface area contributed by atoms with Crippen molar-refractivity contribution in [2.75, 3.05) is 6.61 Å². The number of nitriles is 1. The average molecular weight is 229 g/mol. The summed E-state index contributed by atoms with van der Waals surface area (Å²) in [6, 6.07) is 7.78. The van der Waals surface area contributed by atoms with Crippen LogP contribution in [0.25, 0.3) is 11.0 Å². The number of rotatable bonds is 4. The molecule has 2 aromatic rings. The van der Waals surface area contributed by atoms with Gasteiger partial charge < -0.3 is 9.72 Å². The Balaban J connectivity index is 2.22. The van der Waals surface area contributed by atoms with Crippen molar-refractivity contribution < 1.29 is 4.74 Å². The Kier molecular flexibility index (Phi) is 3.29. The molecule has 0 saturated carbocycles. The highest BCUT2D eigenvalue weighted by Gasteiger charge is 2.06. The van der Waals surface area contributed by atoms with Crippen LogP contribution in [0.3, 0.4) is 0 Å². The van der Waals surface area contributed by atoms with Gasteiger partial charge in [-0.15, -0.1) is 0 Å². The van der Waals surface area contributed by atoms with Gasteiger partial charge in [0, 0.05) is 12.0 Å². The SMILES string of the molecule is CC(C)c1nc2ccc(OCCC#N)cc2[nH]1. The number of benzene rings is 1. The number of imidazole rings is 1. The summed E-state index contributed by atoms with van der Waals surface area (Å²) in [4.78, 5) is 7.76. The minimum absolute atomic E-state index is 0.380. The van der Waals surface area contributed by atoms with Crippen LogP contribution in [0.5, 0.6) is 5.75 Å². The first kappa shape index (κ1) is 11.5. The van der Waals surface area contributed by atoms with E-state index in [1.54, 1.807) is 0 Å². The standard InChI is InChI=1S/C13H15N3O/c1-9(2)13-15-11-5-4-10(8-12(11)16-13)17-7-3-6-14/h4-5,8-9H,3,7H2,1-2H3,(H,15,16). The number of ether oxygens (including phenoxy) is 1. The first-order chi connectivity index (χ1) is 8.20. The van der Waals surface area contributed by atoms with Crippen molar-refractivity contribution >= 4 is 11.0 Å². The van der Waals surface area contributed by atoms with Gasteiger partial charge in [-0.3, -0.25) is 0 Å². The summed E-state index contributed by atoms with van der Waals surface area (Å²) in [6.45, 7) is 4.62. The smallest absolute Gasteiger partial charge is 0.121 e. The van der Waals surface area contributed by atoms with Gasteiger partial charge in [-0.1, -0.05) is 13.8 Å². The van der Waals surface area contributed by atoms with Crippen molar-refractivity contribution in [3.63, 3.8) is 0 Å². The number of aromatic amines is 1. The molecule has 0 atom stereocenters. The second-order valence-electron chi connectivity index (χ2n) is 4.21. The van der Waals surface area contributed by atoms with Crippen LogP contribution in [0.1, 0.15) is 32.0 Å². The quantitative estimate of drug-likeness (QED) is 0.820. The van der Waals surface area contributed by atoms with Crippen molar-refractivity contribution in [3.05, 3.63) is 24.0 Å². The van der Waals surface area contributed by atoms with E-state index in [2.05, 4.69) is 23.8 Å². The van der Waals surface area contributed by atoms with Crippen LogP contribution in [0.2, 0.25) is 0 Å². The van der Waals surface area contributed by atoms with Crippen LogP contribution in [-0.4, -0.2) is 16.6 Å². The number of aromatic nitrogens is 2. The maximum absolute atomic E-state index is 8.43. The molecule has 4 heteroatoms. The van der Waals surface area contributed by atoms with Gasteiger partial charge >= 0.3 is 0 Å². The topological polar surface area (TPSA) is 61.7 Å². The van der Waals surface area contributed by atoms with Gasteiger partial charge in [0.2, 0.25) is 0 Å². The van der Waals surface area contributed by atoms with Crippen molar-refractivity contribution in [1.29, 1.82) is 5.26 Å². The van der Waals surface area contributed by atoms with Crippen molar-refractivity contribution in [1.82, 2.24) is 9.97 Å². The molecule has 4 nitrogen and oxygen atoms in total. The highest BCUT2D eigenvalue weighted by molar-refractivity contribution is 5.76. The number of H-pyrrole nitrogens is 1. The van der Waals surface area contributed by atoms with E-state index in [0.29, 0.717) is 18.9 Å². The number of hydrogen-bond donors (Lipinski definition) is 1. The van der Waals surface area contributed by atoms with Crippen molar-refractivity contribution in [2.45, 2.75) is 26.2 Å². The van der Waals surface area contributed by atoms with Crippen LogP contribution in [-0.2, 0) is 0 Å². The van der Waals surface area contributed by atoms with Gasteiger partial charge in [0.25, 0.3) is 0 Å². The highest BCUT2D eigenvalue weighted by atomic mass is 16.5. The maximum atomic E-state index is 8.43. The fraction of sp³-hybridized carbons (Fsp3) is 0.385. The second-order valence-corrected chi connectivity index (χ2v) is 4.21. The van der Waals surface area contributed by atoms with Gasteiger partial charge in [-0.2, -0.15) is 5.26 Å². The third kappa shape index (κ3) is 2.56. The normalized spacial score (nSPS) is 10.7. The van der Waals surface area contributed by atoms with Gasteiger partial charge in [-0.25, -0.2) is 4.98 Å². The lowest BCUT2D eigenvalue weighted by atomic mass is 10.2. The maximum Gasteiger partial charge on any atom is 0.121 e. The van der Waals surface area contributed by atoms with E-state index in [9.17, 15) is 0 Å². The summed E-state index contributed by atoms with van der Waals surface area (Å²) >= 11 is 0. The fourth-order valence-electron chi connectivity index (χ4n) is 1.59. The van der Waals surface area contributed by atoms with Crippen LogP contribution >= 0.6 is 0 Å². The van der Waals surface area contributed by atoms with E-state index in [1.165, 1.54) is 0 Å². The van der Waals surface area contributed by atoms with Gasteiger partial charge in [-0.05, 0) is 12.1 Å². The zero-order chi connectivity index (χ0) is 12.3. The summed E-state index contributed by atoms with van der Waals surface area (Å²) in [5.41, 5.74) is 1.92. The van der Waals surface area contributed by atoms with Crippen LogP contribution in [0.15, 0.2) is 18.2 Å². The molecule has 1 heterocycles. The number of fused-ring (bicyclic) bond motifs is 1. The molecule has 1 N–H and O–H groups in total. The summed E-state index contributed by atoms with van der Waals surface area (Å²) in [7, 11) is 0. The molecule has 0 aliphatic carbocycles. The molecule has 0 amide bonds. The van der Waals surface area contributed by atoms with Crippen molar-refractivity contribution in [3.8, 4) is 11.8 Å².